The minimum Gasteiger partial charge on any atom is -0.465 e. The van der Waals surface area contributed by atoms with Crippen molar-refractivity contribution in [3.05, 3.63) is 0 Å². The molecule has 3 unspecified atom stereocenters. The van der Waals surface area contributed by atoms with Crippen LogP contribution < -0.4 is 5.32 Å². The summed E-state index contributed by atoms with van der Waals surface area (Å²) in [4.78, 5) is 11.4. The minimum atomic E-state index is -0.846. The number of carbonyl (C=O) groups is 1. The average molecular weight is 235 g/mol. The van der Waals surface area contributed by atoms with Crippen molar-refractivity contribution in [3.8, 4) is 0 Å². The normalized spacial score (nSPS) is 16.8. The third-order valence-corrected chi connectivity index (χ3v) is 2.92. The maximum Gasteiger partial charge on any atom is 0.323 e. The molecule has 0 aliphatic heterocycles. The largest absolute Gasteiger partial charge is 0.465 e. The first-order chi connectivity index (χ1) is 7.01. The molecule has 0 saturated heterocycles. The summed E-state index contributed by atoms with van der Waals surface area (Å²) in [6.07, 6.45) is 2.34. The van der Waals surface area contributed by atoms with Crippen LogP contribution in [-0.2, 0) is 20.3 Å². The molecule has 0 rings (SSSR count). The predicted octanol–water partition coefficient (Wildman–Crippen LogP) is 0.685. The lowest BCUT2D eigenvalue weighted by Crippen LogP contribution is -2.44. The van der Waals surface area contributed by atoms with Crippen LogP contribution in [0.3, 0.4) is 0 Å². The SMILES string of the molecule is CCOC(=O)C(CC)NC(C)CS(C)=O. The fourth-order valence-electron chi connectivity index (χ4n) is 1.34. The molecular formula is C10H21NO3S. The summed E-state index contributed by atoms with van der Waals surface area (Å²) in [6.45, 7) is 6.02. The van der Waals surface area contributed by atoms with E-state index in [1.54, 1.807) is 13.2 Å². The summed E-state index contributed by atoms with van der Waals surface area (Å²) in [5, 5.41) is 3.11. The van der Waals surface area contributed by atoms with E-state index in [-0.39, 0.29) is 18.1 Å². The van der Waals surface area contributed by atoms with Gasteiger partial charge in [0.05, 0.1) is 6.61 Å². The first-order valence-corrected chi connectivity index (χ1v) is 6.96. The van der Waals surface area contributed by atoms with Gasteiger partial charge in [0.1, 0.15) is 6.04 Å². The Morgan fingerprint density at radius 3 is 2.47 bits per heavy atom. The third kappa shape index (κ3) is 6.62. The molecule has 0 aliphatic rings. The second-order valence-corrected chi connectivity index (χ2v) is 5.00. The Kier molecular flexibility index (Phi) is 7.60. The van der Waals surface area contributed by atoms with Crippen LogP contribution in [0.4, 0.5) is 0 Å². The first-order valence-electron chi connectivity index (χ1n) is 5.23. The lowest BCUT2D eigenvalue weighted by Gasteiger charge is -2.19. The van der Waals surface area contributed by atoms with Crippen LogP contribution in [0.1, 0.15) is 27.2 Å². The van der Waals surface area contributed by atoms with Gasteiger partial charge in [0.25, 0.3) is 0 Å². The molecule has 15 heavy (non-hydrogen) atoms. The Hall–Kier alpha value is -0.420. The molecule has 0 aromatic rings. The fourth-order valence-corrected chi connectivity index (χ4v) is 2.14. The number of rotatable bonds is 7. The van der Waals surface area contributed by atoms with Crippen molar-refractivity contribution in [1.82, 2.24) is 5.32 Å². The molecule has 4 nitrogen and oxygen atoms in total. The zero-order chi connectivity index (χ0) is 11.8. The number of carbonyl (C=O) groups excluding carboxylic acids is 1. The van der Waals surface area contributed by atoms with E-state index < -0.39 is 10.8 Å². The second-order valence-electron chi connectivity index (χ2n) is 3.52. The van der Waals surface area contributed by atoms with Crippen molar-refractivity contribution >= 4 is 16.8 Å². The Morgan fingerprint density at radius 1 is 1.47 bits per heavy atom. The van der Waals surface area contributed by atoms with Gasteiger partial charge in [-0.05, 0) is 20.3 Å². The van der Waals surface area contributed by atoms with E-state index >= 15 is 0 Å². The van der Waals surface area contributed by atoms with Crippen LogP contribution in [0.25, 0.3) is 0 Å². The van der Waals surface area contributed by atoms with Crippen molar-refractivity contribution in [1.29, 1.82) is 0 Å². The summed E-state index contributed by atoms with van der Waals surface area (Å²) in [6, 6.07) is -0.228. The van der Waals surface area contributed by atoms with Crippen molar-refractivity contribution in [2.24, 2.45) is 0 Å². The van der Waals surface area contributed by atoms with E-state index in [0.717, 1.165) is 0 Å². The second kappa shape index (κ2) is 7.82. The van der Waals surface area contributed by atoms with Gasteiger partial charge in [-0.3, -0.25) is 9.00 Å². The molecule has 0 heterocycles. The van der Waals surface area contributed by atoms with Crippen LogP contribution >= 0.6 is 0 Å². The van der Waals surface area contributed by atoms with Gasteiger partial charge in [0, 0.05) is 28.9 Å². The number of esters is 1. The van der Waals surface area contributed by atoms with E-state index in [1.165, 1.54) is 0 Å². The lowest BCUT2D eigenvalue weighted by molar-refractivity contribution is -0.145. The van der Waals surface area contributed by atoms with E-state index in [1.807, 2.05) is 13.8 Å². The van der Waals surface area contributed by atoms with Crippen molar-refractivity contribution in [3.63, 3.8) is 0 Å². The fraction of sp³-hybridized carbons (Fsp3) is 0.900. The number of nitrogens with one attached hydrogen (secondary N) is 1. The highest BCUT2D eigenvalue weighted by molar-refractivity contribution is 7.84. The van der Waals surface area contributed by atoms with Crippen LogP contribution in [-0.4, -0.2) is 40.9 Å². The Labute approximate surface area is 94.2 Å². The van der Waals surface area contributed by atoms with E-state index in [4.69, 9.17) is 4.74 Å². The highest BCUT2D eigenvalue weighted by Gasteiger charge is 2.19. The molecule has 0 aromatic heterocycles. The highest BCUT2D eigenvalue weighted by Crippen LogP contribution is 1.98. The van der Waals surface area contributed by atoms with Gasteiger partial charge in [-0.1, -0.05) is 6.92 Å². The quantitative estimate of drug-likeness (QED) is 0.660. The first kappa shape index (κ1) is 14.6. The molecule has 0 fully saturated rings. The topological polar surface area (TPSA) is 55.4 Å². The molecule has 0 amide bonds. The van der Waals surface area contributed by atoms with Gasteiger partial charge in [-0.25, -0.2) is 0 Å². The van der Waals surface area contributed by atoms with Gasteiger partial charge in [-0.2, -0.15) is 0 Å². The lowest BCUT2D eigenvalue weighted by atomic mass is 10.2. The van der Waals surface area contributed by atoms with E-state index in [0.29, 0.717) is 18.8 Å². The molecule has 0 aliphatic carbocycles. The molecule has 3 atom stereocenters. The van der Waals surface area contributed by atoms with Crippen LogP contribution in [0.5, 0.6) is 0 Å². The monoisotopic (exact) mass is 235 g/mol. The molecule has 5 heteroatoms. The van der Waals surface area contributed by atoms with Gasteiger partial charge >= 0.3 is 5.97 Å². The molecule has 90 valence electrons. The molecule has 0 radical (unpaired) electrons. The van der Waals surface area contributed by atoms with Crippen LogP contribution in [0, 0.1) is 0 Å². The van der Waals surface area contributed by atoms with Crippen LogP contribution in [0.2, 0.25) is 0 Å². The summed E-state index contributed by atoms with van der Waals surface area (Å²) < 4.78 is 15.9. The van der Waals surface area contributed by atoms with Crippen molar-refractivity contribution in [2.45, 2.75) is 39.3 Å². The summed E-state index contributed by atoms with van der Waals surface area (Å²) in [5.41, 5.74) is 0. The van der Waals surface area contributed by atoms with Crippen LogP contribution in [0.15, 0.2) is 0 Å². The Balaban J connectivity index is 4.08. The van der Waals surface area contributed by atoms with Crippen molar-refractivity contribution < 1.29 is 13.7 Å². The molecule has 0 spiro atoms. The molecule has 0 aromatic carbocycles. The van der Waals surface area contributed by atoms with E-state index in [9.17, 15) is 9.00 Å². The Bertz CT molecular complexity index is 221. The third-order valence-electron chi connectivity index (χ3n) is 1.95. The molecular weight excluding hydrogens is 214 g/mol. The maximum atomic E-state index is 11.4. The van der Waals surface area contributed by atoms with E-state index in [2.05, 4.69) is 5.32 Å². The standard InChI is InChI=1S/C10H21NO3S/c1-5-9(10(12)14-6-2)11-8(3)7-15(4)13/h8-9,11H,5-7H2,1-4H3. The Morgan fingerprint density at radius 2 is 2.07 bits per heavy atom. The number of hydrogen-bond donors (Lipinski definition) is 1. The minimum absolute atomic E-state index is 0.0604. The number of hydrogen-bond acceptors (Lipinski definition) is 4. The summed E-state index contributed by atoms with van der Waals surface area (Å²) in [7, 11) is -0.846. The molecule has 0 saturated carbocycles. The smallest absolute Gasteiger partial charge is 0.323 e. The van der Waals surface area contributed by atoms with Gasteiger partial charge in [-0.15, -0.1) is 0 Å². The van der Waals surface area contributed by atoms with Gasteiger partial charge < -0.3 is 10.1 Å². The zero-order valence-corrected chi connectivity index (χ0v) is 10.7. The maximum absolute atomic E-state index is 11.4. The molecule has 1 N–H and O–H groups in total. The summed E-state index contributed by atoms with van der Waals surface area (Å²) >= 11 is 0. The van der Waals surface area contributed by atoms with Crippen molar-refractivity contribution in [2.75, 3.05) is 18.6 Å². The van der Waals surface area contributed by atoms with Gasteiger partial charge in [0.15, 0.2) is 0 Å². The predicted molar refractivity (Wildman–Crippen MR) is 62.2 cm³/mol. The number of ether oxygens (including phenoxy) is 1. The summed E-state index contributed by atoms with van der Waals surface area (Å²) in [5.74, 6) is 0.323. The van der Waals surface area contributed by atoms with Gasteiger partial charge in [0.2, 0.25) is 0 Å². The average Bonchev–Trinajstić information content (AvgIpc) is 2.13. The zero-order valence-electron chi connectivity index (χ0n) is 9.91. The highest BCUT2D eigenvalue weighted by atomic mass is 32.2. The molecule has 0 bridgehead atoms.